The molecule has 13 heteroatoms. The Kier molecular flexibility index (Phi) is 7.04. The SMILES string of the molecule is CS(=O)(=O)CCOc1nc2c(c(Nc3ccc(C(F)(F)F)cc3)n1)CCN(c1ncccc1Cl)C2. The molecular formula is C22H21ClF3N5O3S. The minimum atomic E-state index is -4.44. The quantitative estimate of drug-likeness (QED) is 0.486. The van der Waals surface area contributed by atoms with Crippen LogP contribution in [0.2, 0.25) is 5.02 Å². The first-order chi connectivity index (χ1) is 16.5. The number of aromatic nitrogens is 3. The highest BCUT2D eigenvalue weighted by molar-refractivity contribution is 7.90. The molecule has 0 bridgehead atoms. The smallest absolute Gasteiger partial charge is 0.416 e. The standard InChI is InChI=1S/C22H21ClF3N5O3S/c1-35(32,33)12-11-34-21-29-18-13-31(20-17(23)3-2-9-27-20)10-8-16(18)19(30-21)28-15-6-4-14(5-7-15)22(24,25)26/h2-7,9H,8,10-13H2,1H3,(H,28,29,30). The zero-order chi connectivity index (χ0) is 25.2. The number of benzene rings is 1. The van der Waals surface area contributed by atoms with Crippen LogP contribution in [0.25, 0.3) is 0 Å². The molecule has 3 aromatic rings. The van der Waals surface area contributed by atoms with Crippen LogP contribution in [0, 0.1) is 0 Å². The Morgan fingerprint density at radius 2 is 1.91 bits per heavy atom. The Labute approximate surface area is 205 Å². The van der Waals surface area contributed by atoms with E-state index in [1.165, 1.54) is 12.1 Å². The minimum absolute atomic E-state index is 0.0456. The second-order valence-corrected chi connectivity index (χ2v) is 10.6. The fourth-order valence-corrected chi connectivity index (χ4v) is 4.16. The third-order valence-corrected chi connectivity index (χ3v) is 6.45. The number of sulfone groups is 1. The molecule has 0 amide bonds. The molecule has 1 aliphatic heterocycles. The van der Waals surface area contributed by atoms with Crippen molar-refractivity contribution in [2.75, 3.05) is 35.4 Å². The Morgan fingerprint density at radius 1 is 1.17 bits per heavy atom. The fraction of sp³-hybridized carbons (Fsp3) is 0.318. The van der Waals surface area contributed by atoms with Gasteiger partial charge in [-0.2, -0.15) is 23.1 Å². The van der Waals surface area contributed by atoms with Crippen LogP contribution in [0.4, 0.5) is 30.5 Å². The van der Waals surface area contributed by atoms with Gasteiger partial charge in [-0.15, -0.1) is 0 Å². The molecule has 0 radical (unpaired) electrons. The summed E-state index contributed by atoms with van der Waals surface area (Å²) in [7, 11) is -3.26. The third kappa shape index (κ3) is 6.31. The van der Waals surface area contributed by atoms with Crippen LogP contribution in [-0.4, -0.2) is 48.5 Å². The molecule has 0 fully saturated rings. The van der Waals surface area contributed by atoms with Crippen molar-refractivity contribution in [3.8, 4) is 6.01 Å². The number of nitrogens with zero attached hydrogens (tertiary/aromatic N) is 4. The van der Waals surface area contributed by atoms with Gasteiger partial charge in [0, 0.05) is 30.2 Å². The topological polar surface area (TPSA) is 97.3 Å². The molecular weight excluding hydrogens is 507 g/mol. The second kappa shape index (κ2) is 9.86. The molecule has 0 atom stereocenters. The lowest BCUT2D eigenvalue weighted by Crippen LogP contribution is -2.33. The zero-order valence-electron chi connectivity index (χ0n) is 18.5. The van der Waals surface area contributed by atoms with Crippen molar-refractivity contribution in [1.82, 2.24) is 15.0 Å². The number of anilines is 3. The third-order valence-electron chi connectivity index (χ3n) is 5.24. The number of ether oxygens (including phenoxy) is 1. The van der Waals surface area contributed by atoms with Gasteiger partial charge in [-0.3, -0.25) is 0 Å². The lowest BCUT2D eigenvalue weighted by atomic mass is 10.1. The molecule has 8 nitrogen and oxygen atoms in total. The Morgan fingerprint density at radius 3 is 2.57 bits per heavy atom. The number of hydrogen-bond acceptors (Lipinski definition) is 8. The van der Waals surface area contributed by atoms with Crippen molar-refractivity contribution in [3.63, 3.8) is 0 Å². The summed E-state index contributed by atoms with van der Waals surface area (Å²) in [6, 6.07) is 7.99. The van der Waals surface area contributed by atoms with Crippen molar-refractivity contribution < 1.29 is 26.3 Å². The maximum absolute atomic E-state index is 12.9. The normalized spacial score (nSPS) is 13.9. The van der Waals surface area contributed by atoms with Crippen LogP contribution >= 0.6 is 11.6 Å². The minimum Gasteiger partial charge on any atom is -0.462 e. The van der Waals surface area contributed by atoms with Gasteiger partial charge in [0.2, 0.25) is 0 Å². The number of rotatable bonds is 7. The molecule has 0 saturated carbocycles. The predicted molar refractivity (Wildman–Crippen MR) is 126 cm³/mol. The van der Waals surface area contributed by atoms with E-state index in [0.717, 1.165) is 24.0 Å². The van der Waals surface area contributed by atoms with Gasteiger partial charge < -0.3 is 15.0 Å². The number of pyridine rings is 1. The molecule has 0 saturated heterocycles. The first-order valence-corrected chi connectivity index (χ1v) is 12.9. The molecule has 1 aromatic carbocycles. The van der Waals surface area contributed by atoms with Gasteiger partial charge >= 0.3 is 12.2 Å². The lowest BCUT2D eigenvalue weighted by molar-refractivity contribution is -0.137. The molecule has 186 valence electrons. The summed E-state index contributed by atoms with van der Waals surface area (Å²) < 4.78 is 67.1. The zero-order valence-corrected chi connectivity index (χ0v) is 20.1. The Balaban J connectivity index is 1.64. The van der Waals surface area contributed by atoms with Crippen molar-refractivity contribution in [2.24, 2.45) is 0 Å². The van der Waals surface area contributed by atoms with Crippen molar-refractivity contribution in [3.05, 3.63) is 64.4 Å². The van der Waals surface area contributed by atoms with Crippen molar-refractivity contribution in [2.45, 2.75) is 19.1 Å². The highest BCUT2D eigenvalue weighted by Gasteiger charge is 2.30. The van der Waals surface area contributed by atoms with Crippen LogP contribution in [0.5, 0.6) is 6.01 Å². The lowest BCUT2D eigenvalue weighted by Gasteiger charge is -2.30. The van der Waals surface area contributed by atoms with Gasteiger partial charge in [0.15, 0.2) is 9.84 Å². The van der Waals surface area contributed by atoms with Gasteiger partial charge in [-0.1, -0.05) is 11.6 Å². The van der Waals surface area contributed by atoms with Gasteiger partial charge in [0.1, 0.15) is 18.2 Å². The maximum Gasteiger partial charge on any atom is 0.416 e. The summed E-state index contributed by atoms with van der Waals surface area (Å²) >= 11 is 6.30. The summed E-state index contributed by atoms with van der Waals surface area (Å²) in [5.74, 6) is 0.747. The van der Waals surface area contributed by atoms with E-state index in [2.05, 4.69) is 20.3 Å². The van der Waals surface area contributed by atoms with E-state index in [0.29, 0.717) is 47.6 Å². The highest BCUT2D eigenvalue weighted by atomic mass is 35.5. The van der Waals surface area contributed by atoms with Crippen LogP contribution < -0.4 is 15.0 Å². The average molecular weight is 528 g/mol. The summed E-state index contributed by atoms with van der Waals surface area (Å²) in [6.45, 7) is 0.745. The van der Waals surface area contributed by atoms with Crippen LogP contribution in [0.1, 0.15) is 16.8 Å². The predicted octanol–water partition coefficient (Wildman–Crippen LogP) is 4.27. The maximum atomic E-state index is 12.9. The van der Waals surface area contributed by atoms with Gasteiger partial charge in [-0.25, -0.2) is 13.4 Å². The summed E-state index contributed by atoms with van der Waals surface area (Å²) in [5, 5.41) is 3.53. The first-order valence-electron chi connectivity index (χ1n) is 10.5. The van der Waals surface area contributed by atoms with E-state index in [1.54, 1.807) is 18.3 Å². The number of hydrogen-bond donors (Lipinski definition) is 1. The van der Waals surface area contributed by atoms with E-state index in [9.17, 15) is 21.6 Å². The summed E-state index contributed by atoms with van der Waals surface area (Å²) in [6.07, 6.45) is -1.21. The van der Waals surface area contributed by atoms with Gasteiger partial charge in [0.05, 0.1) is 28.6 Å². The van der Waals surface area contributed by atoms with Crippen molar-refractivity contribution in [1.29, 1.82) is 0 Å². The second-order valence-electron chi connectivity index (χ2n) is 7.94. The van der Waals surface area contributed by atoms with Crippen LogP contribution in [-0.2, 0) is 29.0 Å². The van der Waals surface area contributed by atoms with E-state index in [-0.39, 0.29) is 18.4 Å². The largest absolute Gasteiger partial charge is 0.462 e. The van der Waals surface area contributed by atoms with E-state index < -0.39 is 21.6 Å². The number of alkyl halides is 3. The summed E-state index contributed by atoms with van der Waals surface area (Å²) in [5.41, 5.74) is 1.01. The summed E-state index contributed by atoms with van der Waals surface area (Å²) in [4.78, 5) is 15.1. The number of fused-ring (bicyclic) bond motifs is 1. The fourth-order valence-electron chi connectivity index (χ4n) is 3.53. The Bertz CT molecular complexity index is 1320. The van der Waals surface area contributed by atoms with Gasteiger partial charge in [0.25, 0.3) is 0 Å². The molecule has 3 heterocycles. The first kappa shape index (κ1) is 25.0. The highest BCUT2D eigenvalue weighted by Crippen LogP contribution is 2.33. The molecule has 2 aromatic heterocycles. The van der Waals surface area contributed by atoms with Gasteiger partial charge in [-0.05, 0) is 42.8 Å². The molecule has 0 aliphatic carbocycles. The average Bonchev–Trinajstić information content (AvgIpc) is 2.78. The molecule has 35 heavy (non-hydrogen) atoms. The van der Waals surface area contributed by atoms with Crippen molar-refractivity contribution >= 4 is 38.8 Å². The molecule has 0 spiro atoms. The number of halogens is 4. The molecule has 4 rings (SSSR count). The molecule has 1 N–H and O–H groups in total. The van der Waals surface area contributed by atoms with Crippen LogP contribution in [0.15, 0.2) is 42.6 Å². The molecule has 1 aliphatic rings. The van der Waals surface area contributed by atoms with E-state index in [4.69, 9.17) is 16.3 Å². The Hall–Kier alpha value is -3.12. The van der Waals surface area contributed by atoms with Crippen LogP contribution in [0.3, 0.4) is 0 Å². The number of nitrogens with one attached hydrogen (secondary N) is 1. The van der Waals surface area contributed by atoms with E-state index in [1.807, 2.05) is 4.90 Å². The molecule has 0 unspecified atom stereocenters. The van der Waals surface area contributed by atoms with E-state index >= 15 is 0 Å². The monoisotopic (exact) mass is 527 g/mol.